The quantitative estimate of drug-likeness (QED) is 0.724. The van der Waals surface area contributed by atoms with Gasteiger partial charge in [0.2, 0.25) is 11.6 Å². The smallest absolute Gasteiger partial charge is 0.354 e. The molecule has 1 aromatic heterocycles. The monoisotopic (exact) mass is 424 g/mol. The molecular weight excluding hydrogens is 397 g/mol. The van der Waals surface area contributed by atoms with Crippen molar-refractivity contribution >= 4 is 16.9 Å². The Labute approximate surface area is 173 Å². The molecule has 0 spiro atoms. The van der Waals surface area contributed by atoms with Gasteiger partial charge < -0.3 is 10.2 Å². The van der Waals surface area contributed by atoms with Crippen LogP contribution in [0, 0.1) is 13.8 Å². The highest BCUT2D eigenvalue weighted by Gasteiger charge is 2.38. The maximum absolute atomic E-state index is 13.4. The van der Waals surface area contributed by atoms with Crippen molar-refractivity contribution in [3.05, 3.63) is 39.3 Å². The summed E-state index contributed by atoms with van der Waals surface area (Å²) in [6.45, 7) is 8.38. The normalized spacial score (nSPS) is 16.2. The van der Waals surface area contributed by atoms with Crippen molar-refractivity contribution in [3.8, 4) is 0 Å². The Balaban J connectivity index is 1.88. The number of amides is 1. The van der Waals surface area contributed by atoms with Gasteiger partial charge in [0.1, 0.15) is 6.04 Å². The summed E-state index contributed by atoms with van der Waals surface area (Å²) in [6, 6.07) is 2.02. The molecule has 0 saturated carbocycles. The van der Waals surface area contributed by atoms with Gasteiger partial charge in [0, 0.05) is 6.54 Å². The van der Waals surface area contributed by atoms with Gasteiger partial charge >= 0.3 is 6.18 Å². The van der Waals surface area contributed by atoms with E-state index in [1.54, 1.807) is 19.9 Å². The number of benzene rings is 1. The Morgan fingerprint density at radius 2 is 1.83 bits per heavy atom. The molecule has 0 radical (unpaired) electrons. The number of hydrogen-bond acceptors (Lipinski definition) is 4. The van der Waals surface area contributed by atoms with Crippen LogP contribution in [0.5, 0.6) is 0 Å². The zero-order valence-electron chi connectivity index (χ0n) is 17.5. The number of nitrogens with zero attached hydrogens (tertiary/aromatic N) is 3. The third kappa shape index (κ3) is 4.66. The maximum atomic E-state index is 13.4. The van der Waals surface area contributed by atoms with Crippen LogP contribution in [-0.2, 0) is 11.0 Å². The lowest BCUT2D eigenvalue weighted by Gasteiger charge is -2.20. The molecule has 2 heterocycles. The summed E-state index contributed by atoms with van der Waals surface area (Å²) in [5.74, 6) is -0.489. The average molecular weight is 424 g/mol. The standard InChI is InChI=1S/C21H27F3N4O2/c1-13-11-16-17(12-14(13)2)28(20(30)18(26-16)21(22,23)24)15(3)19(29)25-7-6-10-27-8-4-5-9-27/h11-12,15H,4-10H2,1-3H3,(H,25,29)/t15-/m0/s1. The van der Waals surface area contributed by atoms with Gasteiger partial charge in [0.15, 0.2) is 0 Å². The van der Waals surface area contributed by atoms with E-state index in [1.807, 2.05) is 0 Å². The van der Waals surface area contributed by atoms with Crippen molar-refractivity contribution in [2.75, 3.05) is 26.2 Å². The molecule has 0 bridgehead atoms. The number of halogens is 3. The van der Waals surface area contributed by atoms with Crippen molar-refractivity contribution in [1.82, 2.24) is 19.8 Å². The van der Waals surface area contributed by atoms with E-state index in [2.05, 4.69) is 15.2 Å². The molecular formula is C21H27F3N4O2. The number of alkyl halides is 3. The van der Waals surface area contributed by atoms with Gasteiger partial charge in [-0.15, -0.1) is 0 Å². The number of rotatable bonds is 6. The molecule has 3 rings (SSSR count). The number of fused-ring (bicyclic) bond motifs is 1. The molecule has 30 heavy (non-hydrogen) atoms. The van der Waals surface area contributed by atoms with Gasteiger partial charge in [-0.3, -0.25) is 14.2 Å². The molecule has 9 heteroatoms. The van der Waals surface area contributed by atoms with Crippen LogP contribution in [0.15, 0.2) is 16.9 Å². The van der Waals surface area contributed by atoms with Crippen LogP contribution in [0.4, 0.5) is 13.2 Å². The SMILES string of the molecule is Cc1cc2nc(C(F)(F)F)c(=O)n([C@@H](C)C(=O)NCCCN3CCCC3)c2cc1C. The largest absolute Gasteiger partial charge is 0.438 e. The number of hydrogen-bond donors (Lipinski definition) is 1. The number of likely N-dealkylation sites (tertiary alicyclic amines) is 1. The van der Waals surface area contributed by atoms with Gasteiger partial charge in [-0.05, 0) is 82.9 Å². The third-order valence-electron chi connectivity index (χ3n) is 5.69. The van der Waals surface area contributed by atoms with E-state index in [0.29, 0.717) is 6.54 Å². The lowest BCUT2D eigenvalue weighted by Crippen LogP contribution is -2.39. The Hall–Kier alpha value is -2.42. The maximum Gasteiger partial charge on any atom is 0.438 e. The molecule has 2 aromatic rings. The summed E-state index contributed by atoms with van der Waals surface area (Å²) in [7, 11) is 0. The first-order chi connectivity index (χ1) is 14.1. The Bertz CT molecular complexity index is 994. The molecule has 6 nitrogen and oxygen atoms in total. The van der Waals surface area contributed by atoms with E-state index in [0.717, 1.165) is 41.7 Å². The van der Waals surface area contributed by atoms with E-state index in [4.69, 9.17) is 0 Å². The number of aryl methyl sites for hydroxylation is 2. The molecule has 0 aliphatic carbocycles. The van der Waals surface area contributed by atoms with Gasteiger partial charge in [0.25, 0.3) is 5.56 Å². The first kappa shape index (κ1) is 22.3. The summed E-state index contributed by atoms with van der Waals surface area (Å²) in [6.07, 6.45) is -1.79. The first-order valence-corrected chi connectivity index (χ1v) is 10.2. The fraction of sp³-hybridized carbons (Fsp3) is 0.571. The van der Waals surface area contributed by atoms with Crippen LogP contribution < -0.4 is 10.9 Å². The molecule has 1 amide bonds. The molecule has 164 valence electrons. The van der Waals surface area contributed by atoms with E-state index in [-0.39, 0.29) is 11.0 Å². The molecule has 1 aliphatic rings. The van der Waals surface area contributed by atoms with Crippen molar-refractivity contribution in [2.45, 2.75) is 52.3 Å². The molecule has 1 atom stereocenters. The second kappa shape index (κ2) is 8.75. The fourth-order valence-corrected chi connectivity index (χ4v) is 3.81. The molecule has 1 aliphatic heterocycles. The zero-order valence-corrected chi connectivity index (χ0v) is 17.5. The highest BCUT2D eigenvalue weighted by Crippen LogP contribution is 2.28. The van der Waals surface area contributed by atoms with Crippen molar-refractivity contribution < 1.29 is 18.0 Å². The highest BCUT2D eigenvalue weighted by molar-refractivity contribution is 5.84. The van der Waals surface area contributed by atoms with E-state index < -0.39 is 29.4 Å². The summed E-state index contributed by atoms with van der Waals surface area (Å²) in [4.78, 5) is 31.2. The van der Waals surface area contributed by atoms with Crippen LogP contribution in [0.1, 0.15) is 49.0 Å². The van der Waals surface area contributed by atoms with Crippen LogP contribution in [0.3, 0.4) is 0 Å². The minimum Gasteiger partial charge on any atom is -0.354 e. The number of carbonyl (C=O) groups is 1. The van der Waals surface area contributed by atoms with Crippen LogP contribution in [-0.4, -0.2) is 46.5 Å². The second-order valence-electron chi connectivity index (χ2n) is 7.93. The lowest BCUT2D eigenvalue weighted by atomic mass is 10.1. The number of aromatic nitrogens is 2. The summed E-state index contributed by atoms with van der Waals surface area (Å²) < 4.78 is 41.2. The zero-order chi connectivity index (χ0) is 22.1. The minimum absolute atomic E-state index is 0.0405. The predicted octanol–water partition coefficient (Wildman–Crippen LogP) is 3.20. The van der Waals surface area contributed by atoms with Gasteiger partial charge in [-0.2, -0.15) is 13.2 Å². The predicted molar refractivity (Wildman–Crippen MR) is 108 cm³/mol. The van der Waals surface area contributed by atoms with Crippen LogP contribution >= 0.6 is 0 Å². The Morgan fingerprint density at radius 1 is 1.20 bits per heavy atom. The molecule has 1 N–H and O–H groups in total. The Morgan fingerprint density at radius 3 is 2.47 bits per heavy atom. The number of nitrogens with one attached hydrogen (secondary N) is 1. The topological polar surface area (TPSA) is 67.2 Å². The second-order valence-corrected chi connectivity index (χ2v) is 7.93. The highest BCUT2D eigenvalue weighted by atomic mass is 19.4. The fourth-order valence-electron chi connectivity index (χ4n) is 3.81. The van der Waals surface area contributed by atoms with E-state index >= 15 is 0 Å². The molecule has 0 unspecified atom stereocenters. The lowest BCUT2D eigenvalue weighted by molar-refractivity contribution is -0.142. The van der Waals surface area contributed by atoms with E-state index in [9.17, 15) is 22.8 Å². The first-order valence-electron chi connectivity index (χ1n) is 10.2. The Kier molecular flexibility index (Phi) is 6.50. The van der Waals surface area contributed by atoms with Crippen molar-refractivity contribution in [3.63, 3.8) is 0 Å². The minimum atomic E-state index is -4.91. The van der Waals surface area contributed by atoms with Gasteiger partial charge in [-0.25, -0.2) is 4.98 Å². The van der Waals surface area contributed by atoms with Gasteiger partial charge in [0.05, 0.1) is 11.0 Å². The molecule has 1 saturated heterocycles. The molecule has 1 fully saturated rings. The van der Waals surface area contributed by atoms with Crippen molar-refractivity contribution in [1.29, 1.82) is 0 Å². The van der Waals surface area contributed by atoms with Gasteiger partial charge in [-0.1, -0.05) is 0 Å². The van der Waals surface area contributed by atoms with Crippen molar-refractivity contribution in [2.24, 2.45) is 0 Å². The number of carbonyl (C=O) groups excluding carboxylic acids is 1. The summed E-state index contributed by atoms with van der Waals surface area (Å²) in [5.41, 5.74) is -0.998. The third-order valence-corrected chi connectivity index (χ3v) is 5.69. The summed E-state index contributed by atoms with van der Waals surface area (Å²) >= 11 is 0. The molecule has 1 aromatic carbocycles. The summed E-state index contributed by atoms with van der Waals surface area (Å²) in [5, 5.41) is 2.75. The van der Waals surface area contributed by atoms with Crippen LogP contribution in [0.2, 0.25) is 0 Å². The van der Waals surface area contributed by atoms with E-state index in [1.165, 1.54) is 25.8 Å². The average Bonchev–Trinajstić information content (AvgIpc) is 3.18. The van der Waals surface area contributed by atoms with Crippen LogP contribution in [0.25, 0.3) is 11.0 Å².